The van der Waals surface area contributed by atoms with E-state index in [2.05, 4.69) is 47.1 Å². The van der Waals surface area contributed by atoms with E-state index >= 15 is 0 Å². The van der Waals surface area contributed by atoms with E-state index in [4.69, 9.17) is 9.15 Å². The Balaban J connectivity index is 1.32. The molecule has 0 amide bonds. The third-order valence-corrected chi connectivity index (χ3v) is 6.80. The van der Waals surface area contributed by atoms with E-state index in [-0.39, 0.29) is 6.10 Å². The Labute approximate surface area is 170 Å². The van der Waals surface area contributed by atoms with Crippen LogP contribution in [-0.2, 0) is 0 Å². The molecule has 2 atom stereocenters. The molecular formula is C25H24N2O2. The smallest absolute Gasteiger partial charge is 0.213 e. The van der Waals surface area contributed by atoms with Gasteiger partial charge in [-0.3, -0.25) is 4.90 Å². The lowest BCUT2D eigenvalue weighted by Crippen LogP contribution is -2.58. The van der Waals surface area contributed by atoms with Gasteiger partial charge in [0.1, 0.15) is 17.3 Å². The van der Waals surface area contributed by atoms with Crippen LogP contribution in [0.15, 0.2) is 65.2 Å². The van der Waals surface area contributed by atoms with Crippen molar-refractivity contribution in [2.24, 2.45) is 5.92 Å². The van der Waals surface area contributed by atoms with E-state index in [0.29, 0.717) is 12.0 Å². The molecule has 2 aromatic heterocycles. The average molecular weight is 384 g/mol. The molecule has 2 bridgehead atoms. The van der Waals surface area contributed by atoms with Crippen molar-refractivity contribution in [1.29, 1.82) is 0 Å². The molecule has 0 spiro atoms. The summed E-state index contributed by atoms with van der Waals surface area (Å²) in [5.74, 6) is 1.37. The number of rotatable bonds is 3. The Morgan fingerprint density at radius 2 is 1.79 bits per heavy atom. The topological polar surface area (TPSA) is 38.5 Å². The molecule has 3 aliphatic heterocycles. The second kappa shape index (κ2) is 6.60. The van der Waals surface area contributed by atoms with Gasteiger partial charge in [-0.15, -0.1) is 0 Å². The monoisotopic (exact) mass is 384 g/mol. The number of piperidine rings is 3. The molecule has 29 heavy (non-hydrogen) atoms. The predicted molar refractivity (Wildman–Crippen MR) is 115 cm³/mol. The number of hydrogen-bond donors (Lipinski definition) is 0. The molecular weight excluding hydrogens is 360 g/mol. The van der Waals surface area contributed by atoms with Gasteiger partial charge in [0.25, 0.3) is 0 Å². The van der Waals surface area contributed by atoms with Crippen LogP contribution in [0.2, 0.25) is 0 Å². The maximum absolute atomic E-state index is 6.35. The fraction of sp³-hybridized carbons (Fsp3) is 0.320. The standard InChI is InChI=1S/C25H24N2O2/c1-16-24(17-11-13-27(16)14-12-17)29-23-10-9-18(15-26-23)19-6-4-7-21-20-5-2-3-8-22(20)28-25(19)21/h2-10,15-17,24H,11-14H2,1H3. The highest BCUT2D eigenvalue weighted by molar-refractivity contribution is 6.09. The van der Waals surface area contributed by atoms with Crippen LogP contribution in [0.25, 0.3) is 33.1 Å². The zero-order valence-corrected chi connectivity index (χ0v) is 16.5. The number of para-hydroxylation sites is 2. The first-order valence-corrected chi connectivity index (χ1v) is 10.6. The van der Waals surface area contributed by atoms with Crippen molar-refractivity contribution in [3.63, 3.8) is 0 Å². The lowest BCUT2D eigenvalue weighted by Gasteiger charge is -2.49. The number of ether oxygens (including phenoxy) is 1. The van der Waals surface area contributed by atoms with Gasteiger partial charge < -0.3 is 9.15 Å². The zero-order valence-electron chi connectivity index (χ0n) is 16.5. The van der Waals surface area contributed by atoms with Crippen molar-refractivity contribution < 1.29 is 9.15 Å². The molecule has 0 saturated carbocycles. The average Bonchev–Trinajstić information content (AvgIpc) is 3.16. The summed E-state index contributed by atoms with van der Waals surface area (Å²) in [6.07, 6.45) is 4.63. The number of benzene rings is 2. The SMILES string of the molecule is CC1C(Oc2ccc(-c3cccc4c3oc3ccccc34)cn2)C2CCN1CC2. The summed E-state index contributed by atoms with van der Waals surface area (Å²) in [6, 6.07) is 19.0. The first-order valence-electron chi connectivity index (χ1n) is 10.6. The number of furan rings is 1. The number of nitrogens with zero attached hydrogens (tertiary/aromatic N) is 2. The van der Waals surface area contributed by atoms with E-state index in [1.165, 1.54) is 25.9 Å². The van der Waals surface area contributed by atoms with Gasteiger partial charge in [0.2, 0.25) is 5.88 Å². The Morgan fingerprint density at radius 3 is 2.59 bits per heavy atom. The highest BCUT2D eigenvalue weighted by Crippen LogP contribution is 2.37. The predicted octanol–water partition coefficient (Wildman–Crippen LogP) is 5.51. The number of hydrogen-bond acceptors (Lipinski definition) is 4. The van der Waals surface area contributed by atoms with E-state index in [1.807, 2.05) is 30.5 Å². The molecule has 0 N–H and O–H groups in total. The maximum Gasteiger partial charge on any atom is 0.213 e. The zero-order chi connectivity index (χ0) is 19.4. The van der Waals surface area contributed by atoms with E-state index < -0.39 is 0 Å². The molecule has 2 unspecified atom stereocenters. The van der Waals surface area contributed by atoms with Crippen molar-refractivity contribution in [1.82, 2.24) is 9.88 Å². The third-order valence-electron chi connectivity index (χ3n) is 6.80. The summed E-state index contributed by atoms with van der Waals surface area (Å²) in [6.45, 7) is 4.70. The number of aromatic nitrogens is 1. The minimum absolute atomic E-state index is 0.245. The first-order chi connectivity index (χ1) is 14.3. The van der Waals surface area contributed by atoms with Crippen LogP contribution in [0.5, 0.6) is 5.88 Å². The van der Waals surface area contributed by atoms with Gasteiger partial charge in [-0.2, -0.15) is 0 Å². The van der Waals surface area contributed by atoms with Crippen molar-refractivity contribution in [2.75, 3.05) is 13.1 Å². The van der Waals surface area contributed by atoms with Crippen molar-refractivity contribution in [3.05, 3.63) is 60.8 Å². The third kappa shape index (κ3) is 2.74. The second-order valence-corrected chi connectivity index (χ2v) is 8.36. The molecule has 0 aliphatic carbocycles. The molecule has 7 rings (SSSR count). The van der Waals surface area contributed by atoms with Crippen molar-refractivity contribution in [2.45, 2.75) is 31.9 Å². The van der Waals surface area contributed by atoms with Crippen LogP contribution in [-0.4, -0.2) is 35.1 Å². The molecule has 0 radical (unpaired) electrons. The lowest BCUT2D eigenvalue weighted by molar-refractivity contribution is -0.0525. The van der Waals surface area contributed by atoms with Crippen LogP contribution in [0.4, 0.5) is 0 Å². The van der Waals surface area contributed by atoms with Gasteiger partial charge in [0, 0.05) is 40.2 Å². The van der Waals surface area contributed by atoms with E-state index in [1.54, 1.807) is 0 Å². The summed E-state index contributed by atoms with van der Waals surface area (Å²) in [7, 11) is 0. The Morgan fingerprint density at radius 1 is 0.966 bits per heavy atom. The van der Waals surface area contributed by atoms with Crippen molar-refractivity contribution in [3.8, 4) is 17.0 Å². The second-order valence-electron chi connectivity index (χ2n) is 8.36. The molecule has 2 aromatic carbocycles. The number of pyridine rings is 1. The van der Waals surface area contributed by atoms with Crippen molar-refractivity contribution >= 4 is 21.9 Å². The quantitative estimate of drug-likeness (QED) is 0.467. The highest BCUT2D eigenvalue weighted by atomic mass is 16.5. The molecule has 3 aliphatic rings. The number of fused-ring (bicyclic) bond motifs is 6. The summed E-state index contributed by atoms with van der Waals surface area (Å²) in [5, 5.41) is 2.29. The van der Waals surface area contributed by atoms with Crippen LogP contribution >= 0.6 is 0 Å². The maximum atomic E-state index is 6.35. The van der Waals surface area contributed by atoms with Gasteiger partial charge in [-0.1, -0.05) is 36.4 Å². The van der Waals surface area contributed by atoms with E-state index in [0.717, 1.165) is 38.9 Å². The molecule has 3 saturated heterocycles. The molecule has 146 valence electrons. The lowest BCUT2D eigenvalue weighted by atomic mass is 9.81. The summed E-state index contributed by atoms with van der Waals surface area (Å²) >= 11 is 0. The molecule has 4 aromatic rings. The van der Waals surface area contributed by atoms with Gasteiger partial charge >= 0.3 is 0 Å². The normalized spacial score (nSPS) is 26.2. The largest absolute Gasteiger partial charge is 0.472 e. The summed E-state index contributed by atoms with van der Waals surface area (Å²) in [5.41, 5.74) is 3.94. The van der Waals surface area contributed by atoms with Gasteiger partial charge in [-0.25, -0.2) is 4.98 Å². The van der Waals surface area contributed by atoms with E-state index in [9.17, 15) is 0 Å². The van der Waals surface area contributed by atoms with Gasteiger partial charge in [0.15, 0.2) is 0 Å². The van der Waals surface area contributed by atoms with Crippen LogP contribution in [0.3, 0.4) is 0 Å². The Kier molecular flexibility index (Phi) is 3.88. The fourth-order valence-corrected chi connectivity index (χ4v) is 5.17. The highest BCUT2D eigenvalue weighted by Gasteiger charge is 2.41. The fourth-order valence-electron chi connectivity index (χ4n) is 5.17. The summed E-state index contributed by atoms with van der Waals surface area (Å²) in [4.78, 5) is 7.19. The van der Waals surface area contributed by atoms with Gasteiger partial charge in [-0.05, 0) is 50.9 Å². The first kappa shape index (κ1) is 17.0. The van der Waals surface area contributed by atoms with Crippen LogP contribution < -0.4 is 4.74 Å². The molecule has 4 nitrogen and oxygen atoms in total. The van der Waals surface area contributed by atoms with Gasteiger partial charge in [0.05, 0.1) is 0 Å². The Hall–Kier alpha value is -2.85. The summed E-state index contributed by atoms with van der Waals surface area (Å²) < 4.78 is 12.5. The minimum atomic E-state index is 0.245. The Bertz CT molecular complexity index is 1170. The van der Waals surface area contributed by atoms with Crippen LogP contribution in [0, 0.1) is 5.92 Å². The molecule has 4 heteroatoms. The molecule has 3 fully saturated rings. The van der Waals surface area contributed by atoms with Crippen LogP contribution in [0.1, 0.15) is 19.8 Å². The molecule has 5 heterocycles. The minimum Gasteiger partial charge on any atom is -0.472 e.